The number of nitro benzene ring substituents is 1. The van der Waals surface area contributed by atoms with E-state index >= 15 is 0 Å². The summed E-state index contributed by atoms with van der Waals surface area (Å²) in [5.74, 6) is 0.666. The lowest BCUT2D eigenvalue weighted by Crippen LogP contribution is -2.50. The number of benzene rings is 2. The summed E-state index contributed by atoms with van der Waals surface area (Å²) in [5, 5.41) is 14.1. The largest absolute Gasteiger partial charge is 0.491 e. The van der Waals surface area contributed by atoms with Gasteiger partial charge >= 0.3 is 6.03 Å². The molecule has 1 saturated heterocycles. The minimum absolute atomic E-state index is 0.0545. The minimum atomic E-state index is -0.487. The van der Waals surface area contributed by atoms with Crippen LogP contribution in [0.4, 0.5) is 16.2 Å². The molecule has 0 atom stereocenters. The molecule has 1 aliphatic rings. The quantitative estimate of drug-likeness (QED) is 0.588. The Morgan fingerprint density at radius 1 is 1.14 bits per heavy atom. The van der Waals surface area contributed by atoms with Crippen LogP contribution in [0, 0.1) is 10.1 Å². The number of hydrogen-bond donors (Lipinski definition) is 1. The number of carbonyl (C=O) groups excluding carboxylic acids is 1. The molecule has 0 bridgehead atoms. The van der Waals surface area contributed by atoms with Gasteiger partial charge < -0.3 is 15.0 Å². The number of halogens is 1. The van der Waals surface area contributed by atoms with Crippen LogP contribution in [0.25, 0.3) is 0 Å². The smallest absolute Gasteiger partial charge is 0.321 e. The van der Waals surface area contributed by atoms with Crippen molar-refractivity contribution in [3.8, 4) is 5.75 Å². The Balaban J connectivity index is 1.42. The lowest BCUT2D eigenvalue weighted by Gasteiger charge is -2.34. The zero-order chi connectivity index (χ0) is 19.9. The standard InChI is InChI=1S/C19H21ClN4O4/c20-17-6-1-2-7-18(17)28-13-12-22-8-10-23(11-9-22)19(25)21-15-4-3-5-16(14-15)24(26)27/h1-7,14H,8-13H2,(H,21,25). The number of nitrogens with one attached hydrogen (secondary N) is 1. The first kappa shape index (κ1) is 19.9. The SMILES string of the molecule is O=C(Nc1cccc([N+](=O)[O-])c1)N1CCN(CCOc2ccccc2Cl)CC1. The maximum atomic E-state index is 12.4. The van der Waals surface area contributed by atoms with Crippen LogP contribution in [0.15, 0.2) is 48.5 Å². The number of anilines is 1. The summed E-state index contributed by atoms with van der Waals surface area (Å²) in [7, 11) is 0. The number of nitrogens with zero attached hydrogens (tertiary/aromatic N) is 3. The minimum Gasteiger partial charge on any atom is -0.491 e. The zero-order valence-corrected chi connectivity index (χ0v) is 16.0. The molecule has 0 unspecified atom stereocenters. The number of rotatable bonds is 6. The van der Waals surface area contributed by atoms with Gasteiger partial charge in [0.1, 0.15) is 12.4 Å². The highest BCUT2D eigenvalue weighted by Gasteiger charge is 2.21. The van der Waals surface area contributed by atoms with Gasteiger partial charge in [-0.05, 0) is 18.2 Å². The predicted molar refractivity (Wildman–Crippen MR) is 107 cm³/mol. The Bertz CT molecular complexity index is 840. The number of piperazine rings is 1. The van der Waals surface area contributed by atoms with Gasteiger partial charge in [0.2, 0.25) is 0 Å². The molecule has 0 radical (unpaired) electrons. The van der Waals surface area contributed by atoms with Crippen molar-refractivity contribution >= 4 is 29.0 Å². The van der Waals surface area contributed by atoms with Gasteiger partial charge in [-0.25, -0.2) is 4.79 Å². The lowest BCUT2D eigenvalue weighted by molar-refractivity contribution is -0.384. The number of non-ortho nitro benzene ring substituents is 1. The van der Waals surface area contributed by atoms with Crippen LogP contribution in [0.1, 0.15) is 0 Å². The van der Waals surface area contributed by atoms with Gasteiger partial charge in [0.15, 0.2) is 0 Å². The Hall–Kier alpha value is -2.84. The molecule has 9 heteroatoms. The highest BCUT2D eigenvalue weighted by molar-refractivity contribution is 6.32. The van der Waals surface area contributed by atoms with E-state index in [0.29, 0.717) is 36.2 Å². The number of urea groups is 1. The predicted octanol–water partition coefficient (Wildman–Crippen LogP) is 3.48. The van der Waals surface area contributed by atoms with Crippen molar-refractivity contribution in [2.45, 2.75) is 0 Å². The van der Waals surface area contributed by atoms with Gasteiger partial charge in [0.25, 0.3) is 5.69 Å². The fourth-order valence-corrected chi connectivity index (χ4v) is 3.11. The third-order valence-corrected chi connectivity index (χ3v) is 4.78. The normalized spacial score (nSPS) is 14.5. The molecule has 2 amide bonds. The van der Waals surface area contributed by atoms with Crippen LogP contribution >= 0.6 is 11.6 Å². The van der Waals surface area contributed by atoms with Gasteiger partial charge in [-0.15, -0.1) is 0 Å². The topological polar surface area (TPSA) is 87.9 Å². The fourth-order valence-electron chi connectivity index (χ4n) is 2.92. The van der Waals surface area contributed by atoms with Crippen molar-refractivity contribution in [1.82, 2.24) is 9.80 Å². The molecule has 2 aromatic rings. The van der Waals surface area contributed by atoms with E-state index in [0.717, 1.165) is 19.6 Å². The molecule has 1 heterocycles. The molecule has 8 nitrogen and oxygen atoms in total. The summed E-state index contributed by atoms with van der Waals surface area (Å²) < 4.78 is 5.70. The Kier molecular flexibility index (Phi) is 6.67. The lowest BCUT2D eigenvalue weighted by atomic mass is 10.3. The van der Waals surface area contributed by atoms with E-state index in [1.165, 1.54) is 12.1 Å². The Morgan fingerprint density at radius 2 is 1.89 bits per heavy atom. The molecular formula is C19H21ClN4O4. The summed E-state index contributed by atoms with van der Waals surface area (Å²) in [6, 6.07) is 13.0. The van der Waals surface area contributed by atoms with Crippen molar-refractivity contribution in [1.29, 1.82) is 0 Å². The van der Waals surface area contributed by atoms with Crippen LogP contribution in [0.5, 0.6) is 5.75 Å². The molecule has 1 N–H and O–H groups in total. The van der Waals surface area contributed by atoms with Gasteiger partial charge in [-0.3, -0.25) is 15.0 Å². The molecule has 0 spiro atoms. The number of para-hydroxylation sites is 1. The molecule has 1 fully saturated rings. The maximum Gasteiger partial charge on any atom is 0.321 e. The molecule has 148 valence electrons. The monoisotopic (exact) mass is 404 g/mol. The van der Waals surface area contributed by atoms with E-state index in [1.807, 2.05) is 18.2 Å². The summed E-state index contributed by atoms with van der Waals surface area (Å²) >= 11 is 6.07. The van der Waals surface area contributed by atoms with E-state index in [-0.39, 0.29) is 11.7 Å². The fraction of sp³-hybridized carbons (Fsp3) is 0.316. The summed E-state index contributed by atoms with van der Waals surface area (Å²) in [6.07, 6.45) is 0. The Labute approximate surface area is 167 Å². The number of ether oxygens (including phenoxy) is 1. The van der Waals surface area contributed by atoms with E-state index < -0.39 is 4.92 Å². The van der Waals surface area contributed by atoms with Crippen molar-refractivity contribution in [2.75, 3.05) is 44.6 Å². The highest BCUT2D eigenvalue weighted by atomic mass is 35.5. The van der Waals surface area contributed by atoms with Gasteiger partial charge in [-0.2, -0.15) is 0 Å². The molecule has 0 aromatic heterocycles. The van der Waals surface area contributed by atoms with Gasteiger partial charge in [0.05, 0.1) is 9.95 Å². The van der Waals surface area contributed by atoms with Crippen molar-refractivity contribution in [2.24, 2.45) is 0 Å². The maximum absolute atomic E-state index is 12.4. The van der Waals surface area contributed by atoms with Crippen LogP contribution < -0.4 is 10.1 Å². The molecule has 3 rings (SSSR count). The third-order valence-electron chi connectivity index (χ3n) is 4.47. The van der Waals surface area contributed by atoms with Crippen LogP contribution in [-0.4, -0.2) is 60.1 Å². The summed E-state index contributed by atoms with van der Waals surface area (Å²) in [5.41, 5.74) is 0.357. The molecule has 0 aliphatic carbocycles. The number of nitro groups is 1. The van der Waals surface area contributed by atoms with Crippen LogP contribution in [-0.2, 0) is 0 Å². The Morgan fingerprint density at radius 3 is 2.61 bits per heavy atom. The highest BCUT2D eigenvalue weighted by Crippen LogP contribution is 2.23. The first-order valence-corrected chi connectivity index (χ1v) is 9.31. The van der Waals surface area contributed by atoms with E-state index in [4.69, 9.17) is 16.3 Å². The van der Waals surface area contributed by atoms with Crippen molar-refractivity contribution < 1.29 is 14.5 Å². The van der Waals surface area contributed by atoms with E-state index in [1.54, 1.807) is 23.1 Å². The van der Waals surface area contributed by atoms with Crippen molar-refractivity contribution in [3.63, 3.8) is 0 Å². The van der Waals surface area contributed by atoms with Crippen LogP contribution in [0.2, 0.25) is 5.02 Å². The molecular weight excluding hydrogens is 384 g/mol. The zero-order valence-electron chi connectivity index (χ0n) is 15.2. The van der Waals surface area contributed by atoms with Gasteiger partial charge in [0, 0.05) is 50.5 Å². The number of hydrogen-bond acceptors (Lipinski definition) is 5. The summed E-state index contributed by atoms with van der Waals surface area (Å²) in [6.45, 7) is 3.87. The first-order valence-electron chi connectivity index (χ1n) is 8.93. The second-order valence-electron chi connectivity index (χ2n) is 6.35. The van der Waals surface area contributed by atoms with Crippen molar-refractivity contribution in [3.05, 3.63) is 63.7 Å². The molecule has 28 heavy (non-hydrogen) atoms. The van der Waals surface area contributed by atoms with Gasteiger partial charge in [-0.1, -0.05) is 29.8 Å². The second-order valence-corrected chi connectivity index (χ2v) is 6.75. The van der Waals surface area contributed by atoms with E-state index in [2.05, 4.69) is 10.2 Å². The first-order chi connectivity index (χ1) is 13.5. The summed E-state index contributed by atoms with van der Waals surface area (Å²) in [4.78, 5) is 26.6. The average molecular weight is 405 g/mol. The second kappa shape index (κ2) is 9.38. The molecule has 2 aromatic carbocycles. The third kappa shape index (κ3) is 5.34. The number of carbonyl (C=O) groups is 1. The van der Waals surface area contributed by atoms with E-state index in [9.17, 15) is 14.9 Å². The number of amides is 2. The molecule has 0 saturated carbocycles. The molecule has 1 aliphatic heterocycles. The average Bonchev–Trinajstić information content (AvgIpc) is 2.70. The van der Waals surface area contributed by atoms with Crippen LogP contribution in [0.3, 0.4) is 0 Å².